The van der Waals surface area contributed by atoms with Crippen molar-refractivity contribution in [3.63, 3.8) is 0 Å². The molecule has 2 rings (SSSR count). The highest BCUT2D eigenvalue weighted by molar-refractivity contribution is 5.24. The lowest BCUT2D eigenvalue weighted by Crippen LogP contribution is -2.26. The molecular formula is C15H27N3O. The maximum absolute atomic E-state index is 5.58. The Kier molecular flexibility index (Phi) is 5.86. The van der Waals surface area contributed by atoms with Gasteiger partial charge in [-0.25, -0.2) is 0 Å². The minimum absolute atomic E-state index is 0.494. The quantitative estimate of drug-likeness (QED) is 0.734. The van der Waals surface area contributed by atoms with E-state index < -0.39 is 0 Å². The number of aromatic nitrogens is 2. The summed E-state index contributed by atoms with van der Waals surface area (Å²) in [6.45, 7) is 5.01. The molecule has 1 N–H and O–H groups in total. The minimum atomic E-state index is 0.494. The molecule has 4 heteroatoms. The maximum Gasteiger partial charge on any atom is 0.0540 e. The Morgan fingerprint density at radius 2 is 2.26 bits per heavy atom. The predicted molar refractivity (Wildman–Crippen MR) is 77.2 cm³/mol. The number of rotatable bonds is 8. The molecular weight excluding hydrogens is 238 g/mol. The number of unbranched alkanes of at least 4 members (excludes halogenated alkanes) is 1. The molecule has 1 unspecified atom stereocenters. The van der Waals surface area contributed by atoms with Crippen LogP contribution in [0.1, 0.15) is 56.3 Å². The minimum Gasteiger partial charge on any atom is -0.381 e. The molecule has 1 atom stereocenters. The van der Waals surface area contributed by atoms with Gasteiger partial charge in [0.05, 0.1) is 6.20 Å². The Bertz CT molecular complexity index is 375. The summed E-state index contributed by atoms with van der Waals surface area (Å²) in [5.74, 6) is 0. The van der Waals surface area contributed by atoms with Gasteiger partial charge in [0.15, 0.2) is 0 Å². The van der Waals surface area contributed by atoms with Crippen molar-refractivity contribution in [3.05, 3.63) is 17.5 Å². The molecule has 0 fully saturated rings. The Hall–Kier alpha value is -0.870. The Morgan fingerprint density at radius 3 is 3.11 bits per heavy atom. The van der Waals surface area contributed by atoms with Crippen LogP contribution < -0.4 is 5.32 Å². The van der Waals surface area contributed by atoms with Gasteiger partial charge in [-0.2, -0.15) is 5.10 Å². The zero-order chi connectivity index (χ0) is 13.5. The van der Waals surface area contributed by atoms with Crippen molar-refractivity contribution in [1.82, 2.24) is 15.1 Å². The maximum atomic E-state index is 5.58. The van der Waals surface area contributed by atoms with Crippen LogP contribution in [0, 0.1) is 0 Å². The zero-order valence-electron chi connectivity index (χ0n) is 12.3. The smallest absolute Gasteiger partial charge is 0.0540 e. The molecule has 0 radical (unpaired) electrons. The Balaban J connectivity index is 1.67. The molecule has 1 aromatic heterocycles. The van der Waals surface area contributed by atoms with Crippen LogP contribution in [0.5, 0.6) is 0 Å². The van der Waals surface area contributed by atoms with Crippen molar-refractivity contribution in [2.45, 2.75) is 51.5 Å². The molecule has 0 aromatic carbocycles. The van der Waals surface area contributed by atoms with Gasteiger partial charge >= 0.3 is 0 Å². The number of aryl methyl sites for hydroxylation is 1. The average molecular weight is 265 g/mol. The fourth-order valence-electron chi connectivity index (χ4n) is 2.72. The molecule has 0 bridgehead atoms. The van der Waals surface area contributed by atoms with Gasteiger partial charge in [0.2, 0.25) is 0 Å². The summed E-state index contributed by atoms with van der Waals surface area (Å²) >= 11 is 0. The summed E-state index contributed by atoms with van der Waals surface area (Å²) in [5, 5.41) is 8.03. The third kappa shape index (κ3) is 4.05. The zero-order valence-corrected chi connectivity index (χ0v) is 12.3. The lowest BCUT2D eigenvalue weighted by atomic mass is 9.93. The number of nitrogens with zero attached hydrogens (tertiary/aromatic N) is 2. The van der Waals surface area contributed by atoms with Gasteiger partial charge in [-0.15, -0.1) is 0 Å². The van der Waals surface area contributed by atoms with E-state index in [2.05, 4.69) is 17.3 Å². The standard InChI is InChI=1S/C15H27N3O/c1-3-4-10-19-11-6-9-16-14-7-5-8-15-13(14)12-17-18(15)2/h12,14,16H,3-11H2,1-2H3. The highest BCUT2D eigenvalue weighted by Gasteiger charge is 2.22. The predicted octanol–water partition coefficient (Wildman–Crippen LogP) is 2.59. The first-order valence-corrected chi connectivity index (χ1v) is 7.64. The third-order valence-electron chi connectivity index (χ3n) is 3.87. The molecule has 1 aliphatic carbocycles. The van der Waals surface area contributed by atoms with E-state index in [-0.39, 0.29) is 0 Å². The fraction of sp³-hybridized carbons (Fsp3) is 0.800. The molecule has 1 heterocycles. The summed E-state index contributed by atoms with van der Waals surface area (Å²) in [4.78, 5) is 0. The van der Waals surface area contributed by atoms with Gasteiger partial charge in [0.25, 0.3) is 0 Å². The number of hydrogen-bond donors (Lipinski definition) is 1. The van der Waals surface area contributed by atoms with Crippen LogP contribution in [-0.2, 0) is 18.2 Å². The molecule has 0 amide bonds. The number of ether oxygens (including phenoxy) is 1. The van der Waals surface area contributed by atoms with E-state index in [1.54, 1.807) is 0 Å². The summed E-state index contributed by atoms with van der Waals surface area (Å²) in [5.41, 5.74) is 2.81. The van der Waals surface area contributed by atoms with Crippen molar-refractivity contribution in [1.29, 1.82) is 0 Å². The van der Waals surface area contributed by atoms with E-state index >= 15 is 0 Å². The van der Waals surface area contributed by atoms with Crippen LogP contribution in [0.15, 0.2) is 6.20 Å². The largest absolute Gasteiger partial charge is 0.381 e. The monoisotopic (exact) mass is 265 g/mol. The van der Waals surface area contributed by atoms with Crippen molar-refractivity contribution < 1.29 is 4.74 Å². The van der Waals surface area contributed by atoms with E-state index in [0.717, 1.165) is 26.2 Å². The second-order valence-corrected chi connectivity index (χ2v) is 5.39. The van der Waals surface area contributed by atoms with Gasteiger partial charge in [-0.3, -0.25) is 4.68 Å². The van der Waals surface area contributed by atoms with E-state index in [9.17, 15) is 0 Å². The number of fused-ring (bicyclic) bond motifs is 1. The second-order valence-electron chi connectivity index (χ2n) is 5.39. The van der Waals surface area contributed by atoms with Gasteiger partial charge in [-0.1, -0.05) is 13.3 Å². The van der Waals surface area contributed by atoms with Crippen LogP contribution in [0.3, 0.4) is 0 Å². The van der Waals surface area contributed by atoms with Crippen molar-refractivity contribution in [2.24, 2.45) is 7.05 Å². The van der Waals surface area contributed by atoms with Gasteiger partial charge in [0.1, 0.15) is 0 Å². The van der Waals surface area contributed by atoms with Crippen LogP contribution in [-0.4, -0.2) is 29.5 Å². The van der Waals surface area contributed by atoms with Crippen LogP contribution in [0.25, 0.3) is 0 Å². The van der Waals surface area contributed by atoms with Crippen molar-refractivity contribution in [2.75, 3.05) is 19.8 Å². The number of nitrogens with one attached hydrogen (secondary N) is 1. The lowest BCUT2D eigenvalue weighted by Gasteiger charge is -2.23. The highest BCUT2D eigenvalue weighted by Crippen LogP contribution is 2.28. The first-order chi connectivity index (χ1) is 9.33. The van der Waals surface area contributed by atoms with E-state index in [0.29, 0.717) is 6.04 Å². The van der Waals surface area contributed by atoms with Crippen LogP contribution >= 0.6 is 0 Å². The SMILES string of the molecule is CCCCOCCCNC1CCCc2c1cnn2C. The normalized spacial score (nSPS) is 18.5. The van der Waals surface area contributed by atoms with E-state index in [4.69, 9.17) is 4.74 Å². The average Bonchev–Trinajstić information content (AvgIpc) is 2.81. The molecule has 0 saturated heterocycles. The first kappa shape index (κ1) is 14.5. The lowest BCUT2D eigenvalue weighted by molar-refractivity contribution is 0.128. The van der Waals surface area contributed by atoms with Crippen molar-refractivity contribution in [3.8, 4) is 0 Å². The highest BCUT2D eigenvalue weighted by atomic mass is 16.5. The molecule has 19 heavy (non-hydrogen) atoms. The molecule has 4 nitrogen and oxygen atoms in total. The molecule has 0 saturated carbocycles. The van der Waals surface area contributed by atoms with Gasteiger partial charge in [-0.05, 0) is 38.6 Å². The van der Waals surface area contributed by atoms with E-state index in [1.807, 2.05) is 17.9 Å². The molecule has 108 valence electrons. The first-order valence-electron chi connectivity index (χ1n) is 7.64. The molecule has 1 aliphatic rings. The summed E-state index contributed by atoms with van der Waals surface area (Å²) in [6.07, 6.45) is 9.18. The fourth-order valence-corrected chi connectivity index (χ4v) is 2.72. The number of hydrogen-bond acceptors (Lipinski definition) is 3. The molecule has 0 spiro atoms. The molecule has 1 aromatic rings. The summed E-state index contributed by atoms with van der Waals surface area (Å²) < 4.78 is 7.61. The topological polar surface area (TPSA) is 39.1 Å². The van der Waals surface area contributed by atoms with E-state index in [1.165, 1.54) is 43.4 Å². The van der Waals surface area contributed by atoms with Gasteiger partial charge in [0, 0.05) is 37.6 Å². The Morgan fingerprint density at radius 1 is 1.42 bits per heavy atom. The Labute approximate surface area is 116 Å². The van der Waals surface area contributed by atoms with Gasteiger partial charge < -0.3 is 10.1 Å². The molecule has 0 aliphatic heterocycles. The van der Waals surface area contributed by atoms with Crippen LogP contribution in [0.4, 0.5) is 0 Å². The third-order valence-corrected chi connectivity index (χ3v) is 3.87. The summed E-state index contributed by atoms with van der Waals surface area (Å²) in [6, 6.07) is 0.494. The van der Waals surface area contributed by atoms with Crippen molar-refractivity contribution >= 4 is 0 Å². The van der Waals surface area contributed by atoms with Crippen LogP contribution in [0.2, 0.25) is 0 Å². The summed E-state index contributed by atoms with van der Waals surface area (Å²) in [7, 11) is 2.04. The second kappa shape index (κ2) is 7.65.